The minimum Gasteiger partial charge on any atom is -0.481 e. The molecule has 0 saturated carbocycles. The molecule has 0 spiro atoms. The Morgan fingerprint density at radius 3 is 2.41 bits per heavy atom. The lowest BCUT2D eigenvalue weighted by Gasteiger charge is -2.32. The summed E-state index contributed by atoms with van der Waals surface area (Å²) in [6, 6.07) is 31.1. The second-order valence-electron chi connectivity index (χ2n) is 8.41. The highest BCUT2D eigenvalue weighted by molar-refractivity contribution is 6.30. The molecule has 0 aromatic heterocycles. The molecule has 1 N–H and O–H groups in total. The topological polar surface area (TPSA) is 40.5 Å². The van der Waals surface area contributed by atoms with Crippen LogP contribution in [0.4, 0.5) is 5.69 Å². The van der Waals surface area contributed by atoms with Crippen molar-refractivity contribution in [2.24, 2.45) is 0 Å². The van der Waals surface area contributed by atoms with E-state index in [1.54, 1.807) is 0 Å². The van der Waals surface area contributed by atoms with Crippen LogP contribution >= 0.6 is 11.6 Å². The van der Waals surface area contributed by atoms with Gasteiger partial charge in [0, 0.05) is 23.2 Å². The van der Waals surface area contributed by atoms with Gasteiger partial charge in [-0.25, -0.2) is 0 Å². The van der Waals surface area contributed by atoms with E-state index in [2.05, 4.69) is 65.6 Å². The Morgan fingerprint density at radius 1 is 0.938 bits per heavy atom. The molecule has 2 atom stereocenters. The van der Waals surface area contributed by atoms with Crippen LogP contribution in [0.5, 0.6) is 0 Å². The van der Waals surface area contributed by atoms with Crippen molar-refractivity contribution >= 4 is 34.0 Å². The Morgan fingerprint density at radius 2 is 1.66 bits per heavy atom. The van der Waals surface area contributed by atoms with Gasteiger partial charge in [0.1, 0.15) is 0 Å². The van der Waals surface area contributed by atoms with Crippen molar-refractivity contribution in [3.63, 3.8) is 0 Å². The van der Waals surface area contributed by atoms with Crippen LogP contribution in [0.1, 0.15) is 35.1 Å². The van der Waals surface area contributed by atoms with E-state index in [4.69, 9.17) is 11.6 Å². The number of rotatable bonds is 6. The van der Waals surface area contributed by atoms with Gasteiger partial charge >= 0.3 is 5.97 Å². The Bertz CT molecular complexity index is 1250. The van der Waals surface area contributed by atoms with E-state index in [0.717, 1.165) is 12.0 Å². The minimum absolute atomic E-state index is 0.0720. The predicted octanol–water partition coefficient (Wildman–Crippen LogP) is 6.86. The zero-order valence-electron chi connectivity index (χ0n) is 17.6. The fourth-order valence-electron chi connectivity index (χ4n) is 4.95. The Balaban J connectivity index is 1.59. The van der Waals surface area contributed by atoms with E-state index in [-0.39, 0.29) is 18.4 Å². The molecule has 160 valence electrons. The Hall–Kier alpha value is -3.30. The normalized spacial score (nSPS) is 16.2. The highest BCUT2D eigenvalue weighted by Crippen LogP contribution is 2.45. The molecule has 2 unspecified atom stereocenters. The number of halogens is 1. The maximum absolute atomic E-state index is 11.8. The van der Waals surface area contributed by atoms with Crippen LogP contribution in [-0.4, -0.2) is 17.6 Å². The van der Waals surface area contributed by atoms with Crippen molar-refractivity contribution in [1.29, 1.82) is 0 Å². The lowest BCUT2D eigenvalue weighted by molar-refractivity contribution is -0.137. The second kappa shape index (κ2) is 8.68. The number of fused-ring (bicyclic) bond motifs is 3. The fraction of sp³-hybridized carbons (Fsp3) is 0.179. The second-order valence-corrected chi connectivity index (χ2v) is 8.85. The molecule has 0 aliphatic carbocycles. The zero-order valence-corrected chi connectivity index (χ0v) is 18.4. The van der Waals surface area contributed by atoms with Crippen molar-refractivity contribution in [3.05, 3.63) is 113 Å². The first kappa shape index (κ1) is 20.6. The quantitative estimate of drug-likeness (QED) is 0.355. The molecule has 0 fully saturated rings. The number of carboxylic acids is 1. The molecule has 1 aliphatic heterocycles. The predicted molar refractivity (Wildman–Crippen MR) is 131 cm³/mol. The van der Waals surface area contributed by atoms with Gasteiger partial charge < -0.3 is 10.0 Å². The van der Waals surface area contributed by atoms with Gasteiger partial charge in [0.05, 0.1) is 12.5 Å². The summed E-state index contributed by atoms with van der Waals surface area (Å²) >= 11 is 6.09. The highest BCUT2D eigenvalue weighted by atomic mass is 35.5. The number of hydrogen-bond acceptors (Lipinski definition) is 2. The van der Waals surface area contributed by atoms with E-state index >= 15 is 0 Å². The number of anilines is 1. The molecule has 4 aromatic rings. The van der Waals surface area contributed by atoms with Crippen LogP contribution in [0.15, 0.2) is 91.0 Å². The average Bonchev–Trinajstić information content (AvgIpc) is 3.18. The molecule has 1 aliphatic rings. The van der Waals surface area contributed by atoms with Crippen molar-refractivity contribution in [1.82, 2.24) is 0 Å². The maximum atomic E-state index is 11.8. The molecule has 1 heterocycles. The molecule has 4 heteroatoms. The van der Waals surface area contributed by atoms with Crippen molar-refractivity contribution in [3.8, 4) is 0 Å². The lowest BCUT2D eigenvalue weighted by atomic mass is 9.94. The fourth-order valence-corrected chi connectivity index (χ4v) is 5.08. The van der Waals surface area contributed by atoms with Gasteiger partial charge in [0.2, 0.25) is 0 Å². The van der Waals surface area contributed by atoms with Gasteiger partial charge in [-0.1, -0.05) is 84.4 Å². The maximum Gasteiger partial charge on any atom is 0.304 e. The van der Waals surface area contributed by atoms with Crippen LogP contribution in [-0.2, 0) is 11.2 Å². The van der Waals surface area contributed by atoms with Gasteiger partial charge in [0.25, 0.3) is 0 Å². The molecular weight excluding hydrogens is 418 g/mol. The van der Waals surface area contributed by atoms with Gasteiger partial charge in [-0.2, -0.15) is 0 Å². The summed E-state index contributed by atoms with van der Waals surface area (Å²) in [6.45, 7) is 0.624. The third kappa shape index (κ3) is 3.96. The molecule has 0 radical (unpaired) electrons. The van der Waals surface area contributed by atoms with Crippen LogP contribution in [0, 0.1) is 0 Å². The molecule has 5 rings (SSSR count). The molecule has 0 saturated heterocycles. The largest absolute Gasteiger partial charge is 0.481 e. The van der Waals surface area contributed by atoms with E-state index in [0.29, 0.717) is 11.6 Å². The minimum atomic E-state index is -0.792. The first-order valence-corrected chi connectivity index (χ1v) is 11.3. The van der Waals surface area contributed by atoms with Crippen LogP contribution in [0.25, 0.3) is 10.8 Å². The van der Waals surface area contributed by atoms with E-state index in [1.165, 1.54) is 27.6 Å². The Labute approximate surface area is 192 Å². The van der Waals surface area contributed by atoms with E-state index < -0.39 is 5.97 Å². The Kier molecular flexibility index (Phi) is 5.59. The number of nitrogens with zero attached hydrogens (tertiary/aromatic N) is 1. The summed E-state index contributed by atoms with van der Waals surface area (Å²) < 4.78 is 0. The van der Waals surface area contributed by atoms with Crippen molar-refractivity contribution < 1.29 is 9.90 Å². The molecule has 0 amide bonds. The third-order valence-electron chi connectivity index (χ3n) is 6.46. The molecule has 4 aromatic carbocycles. The highest BCUT2D eigenvalue weighted by Gasteiger charge is 2.33. The number of carboxylic acid groups (broad SMARTS) is 1. The van der Waals surface area contributed by atoms with Gasteiger partial charge in [-0.05, 0) is 52.1 Å². The first-order valence-electron chi connectivity index (χ1n) is 10.9. The number of hydrogen-bond donors (Lipinski definition) is 1. The van der Waals surface area contributed by atoms with Crippen molar-refractivity contribution in [2.75, 3.05) is 11.4 Å². The number of carbonyl (C=O) groups is 1. The summed E-state index contributed by atoms with van der Waals surface area (Å²) in [5, 5.41) is 12.8. The number of aliphatic carboxylic acids is 1. The first-order chi connectivity index (χ1) is 15.6. The van der Waals surface area contributed by atoms with Gasteiger partial charge in [0.15, 0.2) is 0 Å². The monoisotopic (exact) mass is 441 g/mol. The van der Waals surface area contributed by atoms with E-state index in [9.17, 15) is 9.90 Å². The average molecular weight is 442 g/mol. The zero-order chi connectivity index (χ0) is 22.1. The third-order valence-corrected chi connectivity index (χ3v) is 6.71. The lowest BCUT2D eigenvalue weighted by Crippen LogP contribution is -2.31. The molecule has 0 bridgehead atoms. The summed E-state index contributed by atoms with van der Waals surface area (Å²) in [5.41, 5.74) is 4.78. The molecular formula is C28H24ClNO2. The van der Waals surface area contributed by atoms with Gasteiger partial charge in [-0.3, -0.25) is 4.79 Å². The van der Waals surface area contributed by atoms with Crippen molar-refractivity contribution in [2.45, 2.75) is 24.8 Å². The van der Waals surface area contributed by atoms with Gasteiger partial charge in [-0.15, -0.1) is 0 Å². The smallest absolute Gasteiger partial charge is 0.304 e. The summed E-state index contributed by atoms with van der Waals surface area (Å²) in [5.74, 6) is -0.937. The summed E-state index contributed by atoms with van der Waals surface area (Å²) in [4.78, 5) is 14.2. The SMILES string of the molecule is O=C(O)CC(CN1c2ccc3ccccc3c2CC1c1ccccc1)c1ccc(Cl)cc1. The van der Waals surface area contributed by atoms with Crippen LogP contribution < -0.4 is 4.90 Å². The summed E-state index contributed by atoms with van der Waals surface area (Å²) in [7, 11) is 0. The molecule has 32 heavy (non-hydrogen) atoms. The van der Waals surface area contributed by atoms with E-state index in [1.807, 2.05) is 30.3 Å². The molecule has 3 nitrogen and oxygen atoms in total. The number of benzene rings is 4. The standard InChI is InChI=1S/C28H24ClNO2/c29-23-13-10-19(11-14-23)22(16-28(31)32)18-30-26-15-12-20-6-4-5-9-24(20)25(26)17-27(30)21-7-2-1-3-8-21/h1-15,22,27H,16-18H2,(H,31,32). The van der Waals surface area contributed by atoms with Crippen LogP contribution in [0.2, 0.25) is 5.02 Å². The summed E-state index contributed by atoms with van der Waals surface area (Å²) in [6.07, 6.45) is 0.976. The van der Waals surface area contributed by atoms with Crippen LogP contribution in [0.3, 0.4) is 0 Å².